The van der Waals surface area contributed by atoms with E-state index < -0.39 is 0 Å². The van der Waals surface area contributed by atoms with Crippen LogP contribution in [0.25, 0.3) is 0 Å². The Kier molecular flexibility index (Phi) is 2.75. The summed E-state index contributed by atoms with van der Waals surface area (Å²) in [4.78, 5) is 0. The lowest BCUT2D eigenvalue weighted by atomic mass is 10.1. The highest BCUT2D eigenvalue weighted by atomic mass is 15.3. The maximum Gasteiger partial charge on any atom is 0.148 e. The Morgan fingerprint density at radius 1 is 1.57 bits per heavy atom. The predicted octanol–water partition coefficient (Wildman–Crippen LogP) is 2.50. The third kappa shape index (κ3) is 1.91. The van der Waals surface area contributed by atoms with Crippen molar-refractivity contribution in [3.63, 3.8) is 0 Å². The molecule has 0 aliphatic heterocycles. The summed E-state index contributed by atoms with van der Waals surface area (Å²) in [5.74, 6) is 1.83. The fourth-order valence-electron chi connectivity index (χ4n) is 2.16. The summed E-state index contributed by atoms with van der Waals surface area (Å²) in [6, 6.07) is 2.70. The zero-order valence-electron chi connectivity index (χ0n) is 9.03. The van der Waals surface area contributed by atoms with Crippen LogP contribution >= 0.6 is 0 Å². The highest BCUT2D eigenvalue weighted by molar-refractivity contribution is 5.34. The van der Waals surface area contributed by atoms with E-state index in [-0.39, 0.29) is 0 Å². The van der Waals surface area contributed by atoms with Gasteiger partial charge in [-0.1, -0.05) is 13.3 Å². The molecule has 0 aromatic carbocycles. The molecule has 1 saturated carbocycles. The molecule has 1 fully saturated rings. The second-order valence-corrected chi connectivity index (χ2v) is 4.22. The zero-order valence-corrected chi connectivity index (χ0v) is 9.03. The van der Waals surface area contributed by atoms with E-state index >= 15 is 0 Å². The molecule has 14 heavy (non-hydrogen) atoms. The summed E-state index contributed by atoms with van der Waals surface area (Å²) in [7, 11) is 0. The lowest BCUT2D eigenvalue weighted by molar-refractivity contribution is 0.552. The second-order valence-electron chi connectivity index (χ2n) is 4.22. The molecule has 3 heteroatoms. The molecule has 78 valence electrons. The first-order valence-electron chi connectivity index (χ1n) is 5.59. The summed E-state index contributed by atoms with van der Waals surface area (Å²) >= 11 is 0. The SMILES string of the molecule is CCn1ccc(NC2CCCC2C)n1. The molecule has 1 aliphatic rings. The van der Waals surface area contributed by atoms with E-state index in [1.54, 1.807) is 0 Å². The van der Waals surface area contributed by atoms with Crippen LogP contribution in [0.3, 0.4) is 0 Å². The normalized spacial score (nSPS) is 26.7. The van der Waals surface area contributed by atoms with Gasteiger partial charge >= 0.3 is 0 Å². The van der Waals surface area contributed by atoms with Crippen LogP contribution in [0.1, 0.15) is 33.1 Å². The third-order valence-corrected chi connectivity index (χ3v) is 3.16. The van der Waals surface area contributed by atoms with Gasteiger partial charge in [0.1, 0.15) is 5.82 Å². The van der Waals surface area contributed by atoms with Crippen molar-refractivity contribution in [3.8, 4) is 0 Å². The van der Waals surface area contributed by atoms with Gasteiger partial charge in [-0.05, 0) is 25.7 Å². The van der Waals surface area contributed by atoms with Crippen LogP contribution in [-0.4, -0.2) is 15.8 Å². The Labute approximate surface area is 85.5 Å². The molecule has 1 heterocycles. The maximum atomic E-state index is 4.43. The summed E-state index contributed by atoms with van der Waals surface area (Å²) in [5.41, 5.74) is 0. The highest BCUT2D eigenvalue weighted by Gasteiger charge is 2.23. The Morgan fingerprint density at radius 2 is 2.43 bits per heavy atom. The van der Waals surface area contributed by atoms with Gasteiger partial charge in [0.05, 0.1) is 0 Å². The number of hydrogen-bond donors (Lipinski definition) is 1. The number of rotatable bonds is 3. The molecule has 1 aromatic rings. The topological polar surface area (TPSA) is 29.9 Å². The summed E-state index contributed by atoms with van der Waals surface area (Å²) in [5, 5.41) is 7.95. The molecule has 2 rings (SSSR count). The first kappa shape index (κ1) is 9.56. The molecule has 2 atom stereocenters. The summed E-state index contributed by atoms with van der Waals surface area (Å²) in [6.07, 6.45) is 6.03. The zero-order chi connectivity index (χ0) is 9.97. The molecule has 1 aliphatic carbocycles. The van der Waals surface area contributed by atoms with E-state index in [4.69, 9.17) is 0 Å². The van der Waals surface area contributed by atoms with Gasteiger partial charge in [0.25, 0.3) is 0 Å². The van der Waals surface area contributed by atoms with E-state index in [0.717, 1.165) is 18.3 Å². The first-order chi connectivity index (χ1) is 6.79. The second kappa shape index (κ2) is 4.03. The van der Waals surface area contributed by atoms with Gasteiger partial charge in [-0.15, -0.1) is 0 Å². The molecular formula is C11H19N3. The van der Waals surface area contributed by atoms with E-state index in [2.05, 4.69) is 30.3 Å². The predicted molar refractivity (Wildman–Crippen MR) is 58.3 cm³/mol. The van der Waals surface area contributed by atoms with Crippen LogP contribution in [0, 0.1) is 5.92 Å². The molecule has 0 bridgehead atoms. The van der Waals surface area contributed by atoms with Crippen LogP contribution in [-0.2, 0) is 6.54 Å². The maximum absolute atomic E-state index is 4.43. The fraction of sp³-hybridized carbons (Fsp3) is 0.727. The lowest BCUT2D eigenvalue weighted by Gasteiger charge is -2.16. The van der Waals surface area contributed by atoms with Crippen molar-refractivity contribution >= 4 is 5.82 Å². The molecule has 0 radical (unpaired) electrons. The van der Waals surface area contributed by atoms with E-state index in [0.29, 0.717) is 6.04 Å². The average Bonchev–Trinajstić information content (AvgIpc) is 2.77. The number of nitrogens with one attached hydrogen (secondary N) is 1. The van der Waals surface area contributed by atoms with Crippen molar-refractivity contribution in [1.82, 2.24) is 9.78 Å². The van der Waals surface area contributed by atoms with Gasteiger partial charge in [-0.25, -0.2) is 0 Å². The molecule has 1 aromatic heterocycles. The van der Waals surface area contributed by atoms with Gasteiger partial charge in [0.15, 0.2) is 0 Å². The minimum Gasteiger partial charge on any atom is -0.366 e. The minimum absolute atomic E-state index is 0.634. The van der Waals surface area contributed by atoms with Gasteiger partial charge in [-0.2, -0.15) is 5.10 Å². The van der Waals surface area contributed by atoms with Crippen molar-refractivity contribution in [2.24, 2.45) is 5.92 Å². The van der Waals surface area contributed by atoms with Gasteiger partial charge in [0.2, 0.25) is 0 Å². The summed E-state index contributed by atoms with van der Waals surface area (Å²) in [6.45, 7) is 5.37. The number of hydrogen-bond acceptors (Lipinski definition) is 2. The van der Waals surface area contributed by atoms with Crippen LogP contribution in [0.4, 0.5) is 5.82 Å². The minimum atomic E-state index is 0.634. The molecular weight excluding hydrogens is 174 g/mol. The van der Waals surface area contributed by atoms with Gasteiger partial charge in [-0.3, -0.25) is 4.68 Å². The van der Waals surface area contributed by atoms with Crippen molar-refractivity contribution in [2.75, 3.05) is 5.32 Å². The van der Waals surface area contributed by atoms with Crippen molar-refractivity contribution in [3.05, 3.63) is 12.3 Å². The highest BCUT2D eigenvalue weighted by Crippen LogP contribution is 2.27. The standard InChI is InChI=1S/C11H19N3/c1-3-14-8-7-11(13-14)12-10-6-4-5-9(10)2/h7-10H,3-6H2,1-2H3,(H,12,13). The number of nitrogens with zero attached hydrogens (tertiary/aromatic N) is 2. The fourth-order valence-corrected chi connectivity index (χ4v) is 2.16. The Bertz CT molecular complexity index is 292. The molecule has 0 amide bonds. The Hall–Kier alpha value is -0.990. The van der Waals surface area contributed by atoms with Crippen LogP contribution < -0.4 is 5.32 Å². The summed E-state index contributed by atoms with van der Waals surface area (Å²) < 4.78 is 1.96. The molecule has 0 spiro atoms. The van der Waals surface area contributed by atoms with E-state index in [9.17, 15) is 0 Å². The van der Waals surface area contributed by atoms with Gasteiger partial charge < -0.3 is 5.32 Å². The third-order valence-electron chi connectivity index (χ3n) is 3.16. The largest absolute Gasteiger partial charge is 0.366 e. The first-order valence-corrected chi connectivity index (χ1v) is 5.59. The number of aromatic nitrogens is 2. The molecule has 3 nitrogen and oxygen atoms in total. The Morgan fingerprint density at radius 3 is 3.00 bits per heavy atom. The smallest absolute Gasteiger partial charge is 0.148 e. The van der Waals surface area contributed by atoms with Crippen LogP contribution in [0.2, 0.25) is 0 Å². The molecule has 0 saturated heterocycles. The number of anilines is 1. The van der Waals surface area contributed by atoms with E-state index in [1.165, 1.54) is 19.3 Å². The van der Waals surface area contributed by atoms with Crippen LogP contribution in [0.5, 0.6) is 0 Å². The lowest BCUT2D eigenvalue weighted by Crippen LogP contribution is -2.22. The molecule has 2 unspecified atom stereocenters. The van der Waals surface area contributed by atoms with Crippen molar-refractivity contribution in [2.45, 2.75) is 45.7 Å². The van der Waals surface area contributed by atoms with E-state index in [1.807, 2.05) is 10.9 Å². The Balaban J connectivity index is 1.96. The van der Waals surface area contributed by atoms with Gasteiger partial charge in [0, 0.05) is 24.8 Å². The quantitative estimate of drug-likeness (QED) is 0.799. The van der Waals surface area contributed by atoms with Crippen LogP contribution in [0.15, 0.2) is 12.3 Å². The molecule has 1 N–H and O–H groups in total. The van der Waals surface area contributed by atoms with Crippen molar-refractivity contribution < 1.29 is 0 Å². The average molecular weight is 193 g/mol. The monoisotopic (exact) mass is 193 g/mol. The number of aryl methyl sites for hydroxylation is 1. The van der Waals surface area contributed by atoms with Crippen molar-refractivity contribution in [1.29, 1.82) is 0 Å².